The van der Waals surface area contributed by atoms with Gasteiger partial charge in [0.25, 0.3) is 5.91 Å². The molecular weight excluding hydrogens is 340 g/mol. The number of carbonyl (C=O) groups excluding carboxylic acids is 1. The third kappa shape index (κ3) is 6.61. The fourth-order valence-corrected chi connectivity index (χ4v) is 3.20. The first kappa shape index (κ1) is 19.2. The largest absolute Gasteiger partial charge is 0.485 e. The fourth-order valence-electron chi connectivity index (χ4n) is 3.20. The summed E-state index contributed by atoms with van der Waals surface area (Å²) in [5.74, 6) is 1.78. The second-order valence-electron chi connectivity index (χ2n) is 6.86. The van der Waals surface area contributed by atoms with E-state index in [1.54, 1.807) is 0 Å². The number of hydrogen-bond acceptors (Lipinski definition) is 4. The number of benzene rings is 2. The average molecular weight is 368 g/mol. The number of rotatable bonds is 9. The molecule has 2 N–H and O–H groups in total. The Bertz CT molecular complexity index is 700. The van der Waals surface area contributed by atoms with Gasteiger partial charge in [-0.05, 0) is 56.0 Å². The minimum absolute atomic E-state index is 0.00533. The average Bonchev–Trinajstić information content (AvgIpc) is 2.73. The van der Waals surface area contributed by atoms with Crippen LogP contribution < -0.4 is 20.1 Å². The highest BCUT2D eigenvalue weighted by atomic mass is 16.5. The normalized spacial score (nSPS) is 16.5. The van der Waals surface area contributed by atoms with E-state index < -0.39 is 0 Å². The maximum absolute atomic E-state index is 12.1. The van der Waals surface area contributed by atoms with Gasteiger partial charge >= 0.3 is 0 Å². The molecule has 1 amide bonds. The quantitative estimate of drug-likeness (QED) is 0.714. The topological polar surface area (TPSA) is 59.6 Å². The van der Waals surface area contributed by atoms with Crippen molar-refractivity contribution in [3.63, 3.8) is 0 Å². The van der Waals surface area contributed by atoms with Gasteiger partial charge in [-0.25, -0.2) is 0 Å². The van der Waals surface area contributed by atoms with Crippen LogP contribution in [0.2, 0.25) is 0 Å². The van der Waals surface area contributed by atoms with Gasteiger partial charge in [0.1, 0.15) is 6.61 Å². The van der Waals surface area contributed by atoms with E-state index in [1.807, 2.05) is 54.6 Å². The minimum Gasteiger partial charge on any atom is -0.485 e. The van der Waals surface area contributed by atoms with Crippen LogP contribution in [0.1, 0.15) is 24.8 Å². The van der Waals surface area contributed by atoms with Crippen LogP contribution in [0.15, 0.2) is 54.6 Å². The molecule has 2 aromatic carbocycles. The molecule has 5 nitrogen and oxygen atoms in total. The van der Waals surface area contributed by atoms with Crippen LogP contribution in [-0.2, 0) is 11.4 Å². The summed E-state index contributed by atoms with van der Waals surface area (Å²) in [5, 5.41) is 6.34. The molecule has 1 atom stereocenters. The summed E-state index contributed by atoms with van der Waals surface area (Å²) in [6.45, 7) is 3.32. The Kier molecular flexibility index (Phi) is 7.54. The molecule has 1 fully saturated rings. The minimum atomic E-state index is -0.100. The zero-order chi connectivity index (χ0) is 18.7. The predicted molar refractivity (Wildman–Crippen MR) is 106 cm³/mol. The van der Waals surface area contributed by atoms with Gasteiger partial charge in [0.15, 0.2) is 18.1 Å². The van der Waals surface area contributed by atoms with Crippen LogP contribution >= 0.6 is 0 Å². The van der Waals surface area contributed by atoms with Gasteiger partial charge in [-0.15, -0.1) is 0 Å². The Hall–Kier alpha value is -2.53. The van der Waals surface area contributed by atoms with Crippen molar-refractivity contribution in [2.24, 2.45) is 5.92 Å². The van der Waals surface area contributed by atoms with E-state index in [4.69, 9.17) is 9.47 Å². The lowest BCUT2D eigenvalue weighted by Crippen LogP contribution is -2.34. The van der Waals surface area contributed by atoms with Crippen LogP contribution in [0.4, 0.5) is 0 Å². The first-order chi connectivity index (χ1) is 13.3. The second-order valence-corrected chi connectivity index (χ2v) is 6.86. The van der Waals surface area contributed by atoms with Crippen molar-refractivity contribution >= 4 is 5.91 Å². The van der Waals surface area contributed by atoms with Gasteiger partial charge in [-0.2, -0.15) is 0 Å². The number of carbonyl (C=O) groups is 1. The van der Waals surface area contributed by atoms with Crippen molar-refractivity contribution in [3.05, 3.63) is 60.2 Å². The summed E-state index contributed by atoms with van der Waals surface area (Å²) < 4.78 is 11.5. The highest BCUT2D eigenvalue weighted by molar-refractivity contribution is 5.77. The highest BCUT2D eigenvalue weighted by Crippen LogP contribution is 2.27. The van der Waals surface area contributed by atoms with Crippen molar-refractivity contribution < 1.29 is 14.3 Å². The Labute approximate surface area is 161 Å². The molecule has 1 aliphatic heterocycles. The second kappa shape index (κ2) is 10.6. The van der Waals surface area contributed by atoms with Crippen LogP contribution in [0.25, 0.3) is 0 Å². The Balaban J connectivity index is 1.41. The van der Waals surface area contributed by atoms with Gasteiger partial charge in [-0.1, -0.05) is 42.5 Å². The molecule has 27 heavy (non-hydrogen) atoms. The van der Waals surface area contributed by atoms with Crippen molar-refractivity contribution in [1.29, 1.82) is 0 Å². The van der Waals surface area contributed by atoms with Crippen LogP contribution in [0.5, 0.6) is 11.5 Å². The third-order valence-corrected chi connectivity index (χ3v) is 4.72. The number of nitrogens with one attached hydrogen (secondary N) is 2. The van der Waals surface area contributed by atoms with E-state index in [9.17, 15) is 4.79 Å². The van der Waals surface area contributed by atoms with Gasteiger partial charge in [0, 0.05) is 6.54 Å². The van der Waals surface area contributed by atoms with E-state index in [2.05, 4.69) is 10.6 Å². The molecule has 0 saturated carbocycles. The first-order valence-electron chi connectivity index (χ1n) is 9.67. The monoisotopic (exact) mass is 368 g/mol. The van der Waals surface area contributed by atoms with E-state index in [0.717, 1.165) is 25.1 Å². The number of hydrogen-bond donors (Lipinski definition) is 2. The zero-order valence-electron chi connectivity index (χ0n) is 15.7. The maximum Gasteiger partial charge on any atom is 0.257 e. The molecule has 3 rings (SSSR count). The molecule has 1 heterocycles. The van der Waals surface area contributed by atoms with E-state index in [0.29, 0.717) is 30.6 Å². The van der Waals surface area contributed by atoms with Crippen molar-refractivity contribution in [2.45, 2.75) is 25.9 Å². The van der Waals surface area contributed by atoms with E-state index >= 15 is 0 Å². The number of amides is 1. The summed E-state index contributed by atoms with van der Waals surface area (Å²) in [4.78, 5) is 12.1. The molecule has 0 aliphatic carbocycles. The lowest BCUT2D eigenvalue weighted by atomic mass is 9.96. The lowest BCUT2D eigenvalue weighted by Gasteiger charge is -2.22. The maximum atomic E-state index is 12.1. The fraction of sp³-hybridized carbons (Fsp3) is 0.409. The lowest BCUT2D eigenvalue weighted by molar-refractivity contribution is -0.123. The standard InChI is InChI=1S/C22H28N2O3/c25-22(24-14-12-18-9-6-13-23-15-18)17-27-21-11-5-4-10-20(21)26-16-19-7-2-1-3-8-19/h1-5,7-8,10-11,18,23H,6,9,12-17H2,(H,24,25). The molecular formula is C22H28N2O3. The SMILES string of the molecule is O=C(COc1ccccc1OCc1ccccc1)NCCC1CCCNC1. The van der Waals surface area contributed by atoms with Crippen molar-refractivity contribution in [3.8, 4) is 11.5 Å². The molecule has 5 heteroatoms. The molecule has 0 radical (unpaired) electrons. The molecule has 1 unspecified atom stereocenters. The Morgan fingerprint density at radius 2 is 1.78 bits per heavy atom. The molecule has 0 spiro atoms. The third-order valence-electron chi connectivity index (χ3n) is 4.72. The zero-order valence-corrected chi connectivity index (χ0v) is 15.7. The summed E-state index contributed by atoms with van der Waals surface area (Å²) in [6, 6.07) is 17.4. The first-order valence-corrected chi connectivity index (χ1v) is 9.67. The molecule has 2 aromatic rings. The molecule has 1 aliphatic rings. The van der Waals surface area contributed by atoms with Gasteiger partial charge in [0.2, 0.25) is 0 Å². The summed E-state index contributed by atoms with van der Waals surface area (Å²) >= 11 is 0. The smallest absolute Gasteiger partial charge is 0.257 e. The molecule has 1 saturated heterocycles. The van der Waals surface area contributed by atoms with Crippen LogP contribution in [-0.4, -0.2) is 32.1 Å². The van der Waals surface area contributed by atoms with E-state index in [1.165, 1.54) is 12.8 Å². The molecule has 144 valence electrons. The van der Waals surface area contributed by atoms with Crippen molar-refractivity contribution in [2.75, 3.05) is 26.2 Å². The summed E-state index contributed by atoms with van der Waals surface area (Å²) in [6.07, 6.45) is 3.47. The molecule has 0 bridgehead atoms. The van der Waals surface area contributed by atoms with Crippen LogP contribution in [0, 0.1) is 5.92 Å². The van der Waals surface area contributed by atoms with Gasteiger partial charge in [-0.3, -0.25) is 4.79 Å². The number of piperidine rings is 1. The van der Waals surface area contributed by atoms with E-state index in [-0.39, 0.29) is 12.5 Å². The summed E-state index contributed by atoms with van der Waals surface area (Å²) in [7, 11) is 0. The highest BCUT2D eigenvalue weighted by Gasteiger charge is 2.13. The van der Waals surface area contributed by atoms with Crippen molar-refractivity contribution in [1.82, 2.24) is 10.6 Å². The van der Waals surface area contributed by atoms with Gasteiger partial charge < -0.3 is 20.1 Å². The van der Waals surface area contributed by atoms with Gasteiger partial charge in [0.05, 0.1) is 0 Å². The number of para-hydroxylation sites is 2. The number of ether oxygens (including phenoxy) is 2. The molecule has 0 aromatic heterocycles. The summed E-state index contributed by atoms with van der Waals surface area (Å²) in [5.41, 5.74) is 1.09. The predicted octanol–water partition coefficient (Wildman–Crippen LogP) is 3.15. The van der Waals surface area contributed by atoms with Crippen LogP contribution in [0.3, 0.4) is 0 Å². The Morgan fingerprint density at radius 1 is 1.04 bits per heavy atom. The Morgan fingerprint density at radius 3 is 2.52 bits per heavy atom.